The molecule has 3 N–H and O–H groups in total. The smallest absolute Gasteiger partial charge is 0.238 e. The molecule has 5 nitrogen and oxygen atoms in total. The average Bonchev–Trinajstić information content (AvgIpc) is 2.96. The Kier molecular flexibility index (Phi) is 4.03. The van der Waals surface area contributed by atoms with Gasteiger partial charge in [-0.2, -0.15) is 0 Å². The van der Waals surface area contributed by atoms with E-state index in [4.69, 9.17) is 0 Å². The lowest BCUT2D eigenvalue weighted by Gasteiger charge is -2.08. The highest BCUT2D eigenvalue weighted by Gasteiger charge is 2.22. The van der Waals surface area contributed by atoms with Crippen LogP contribution in [0.4, 0.5) is 5.13 Å². The van der Waals surface area contributed by atoms with E-state index in [-0.39, 0.29) is 11.9 Å². The third-order valence-electron chi connectivity index (χ3n) is 2.24. The second-order valence-corrected chi connectivity index (χ2v) is 5.27. The summed E-state index contributed by atoms with van der Waals surface area (Å²) in [6.07, 6.45) is 0. The lowest BCUT2D eigenvalue weighted by molar-refractivity contribution is -0.122. The molecule has 0 radical (unpaired) electrons. The largest absolute Gasteiger partial charge is 0.365 e. The van der Waals surface area contributed by atoms with E-state index in [9.17, 15) is 4.79 Å². The van der Waals surface area contributed by atoms with Crippen molar-refractivity contribution in [2.45, 2.75) is 12.6 Å². The molecule has 1 unspecified atom stereocenters. The Hall–Kier alpha value is -0.790. The van der Waals surface area contributed by atoms with Gasteiger partial charge in [0, 0.05) is 24.1 Å². The summed E-state index contributed by atoms with van der Waals surface area (Å²) >= 11 is 3.28. The van der Waals surface area contributed by atoms with Crippen molar-refractivity contribution in [2.24, 2.45) is 0 Å². The summed E-state index contributed by atoms with van der Waals surface area (Å²) in [4.78, 5) is 16.0. The first kappa shape index (κ1) is 11.7. The maximum Gasteiger partial charge on any atom is 0.238 e. The Bertz CT molecular complexity index is 362. The fraction of sp³-hybridized carbons (Fsp3) is 0.556. The molecule has 1 amide bonds. The monoisotopic (exact) mass is 258 g/mol. The van der Waals surface area contributed by atoms with Crippen molar-refractivity contribution >= 4 is 34.1 Å². The third kappa shape index (κ3) is 2.87. The van der Waals surface area contributed by atoms with Gasteiger partial charge in [-0.1, -0.05) is 0 Å². The number of nitrogens with one attached hydrogen (secondary N) is 3. The van der Waals surface area contributed by atoms with E-state index >= 15 is 0 Å². The molecule has 1 atom stereocenters. The highest BCUT2D eigenvalue weighted by atomic mass is 32.2. The van der Waals surface area contributed by atoms with Gasteiger partial charge < -0.3 is 10.6 Å². The number of thioether (sulfide) groups is 1. The van der Waals surface area contributed by atoms with E-state index in [2.05, 4.69) is 20.9 Å². The lowest BCUT2D eigenvalue weighted by atomic mass is 10.3. The van der Waals surface area contributed by atoms with Crippen LogP contribution in [0.1, 0.15) is 5.69 Å². The lowest BCUT2D eigenvalue weighted by Crippen LogP contribution is -2.41. The molecule has 0 aliphatic carbocycles. The van der Waals surface area contributed by atoms with Crippen LogP contribution in [0, 0.1) is 0 Å². The Labute approximate surface area is 102 Å². The van der Waals surface area contributed by atoms with Crippen molar-refractivity contribution in [1.29, 1.82) is 0 Å². The van der Waals surface area contributed by atoms with Crippen LogP contribution >= 0.6 is 23.1 Å². The highest BCUT2D eigenvalue weighted by molar-refractivity contribution is 7.99. The Balaban J connectivity index is 1.80. The summed E-state index contributed by atoms with van der Waals surface area (Å²) in [5.74, 6) is 1.77. The molecule has 7 heteroatoms. The molecule has 1 aliphatic rings. The zero-order valence-corrected chi connectivity index (χ0v) is 10.6. The number of nitrogens with zero attached hydrogens (tertiary/aromatic N) is 1. The first-order chi connectivity index (χ1) is 7.79. The molecule has 1 aromatic rings. The normalized spacial score (nSPS) is 19.7. The van der Waals surface area contributed by atoms with Crippen molar-refractivity contribution in [3.05, 3.63) is 11.1 Å². The zero-order chi connectivity index (χ0) is 11.4. The number of carbonyl (C=O) groups excluding carboxylic acids is 1. The molecule has 0 saturated carbocycles. The number of hydrogen-bond donors (Lipinski definition) is 3. The Morgan fingerprint density at radius 3 is 3.25 bits per heavy atom. The van der Waals surface area contributed by atoms with Crippen LogP contribution in [-0.4, -0.2) is 35.6 Å². The predicted octanol–water partition coefficient (Wildman–Crippen LogP) is 0.464. The van der Waals surface area contributed by atoms with E-state index in [0.29, 0.717) is 6.54 Å². The van der Waals surface area contributed by atoms with Gasteiger partial charge in [-0.15, -0.1) is 23.1 Å². The van der Waals surface area contributed by atoms with Gasteiger partial charge in [0.1, 0.15) is 0 Å². The van der Waals surface area contributed by atoms with Crippen molar-refractivity contribution in [1.82, 2.24) is 15.6 Å². The van der Waals surface area contributed by atoms with Gasteiger partial charge in [0.15, 0.2) is 5.13 Å². The molecule has 2 rings (SSSR count). The fourth-order valence-electron chi connectivity index (χ4n) is 1.37. The quantitative estimate of drug-likeness (QED) is 0.732. The standard InChI is InChI=1S/C9H14N4OS2/c1-10-9-13-6(3-16-9)2-11-8(14)7-4-15-5-12-7/h3,7,12H,2,4-5H2,1H3,(H,10,13)(H,11,14). The highest BCUT2D eigenvalue weighted by Crippen LogP contribution is 2.14. The van der Waals surface area contributed by atoms with Crippen LogP contribution in [0.25, 0.3) is 0 Å². The summed E-state index contributed by atoms with van der Waals surface area (Å²) < 4.78 is 0. The van der Waals surface area contributed by atoms with Gasteiger partial charge >= 0.3 is 0 Å². The minimum atomic E-state index is -0.0487. The molecular weight excluding hydrogens is 244 g/mol. The van der Waals surface area contributed by atoms with Gasteiger partial charge in [0.25, 0.3) is 0 Å². The molecule has 2 heterocycles. The number of hydrogen-bond acceptors (Lipinski definition) is 6. The van der Waals surface area contributed by atoms with Gasteiger partial charge in [0.05, 0.1) is 18.3 Å². The van der Waals surface area contributed by atoms with Crippen LogP contribution in [0.15, 0.2) is 5.38 Å². The number of anilines is 1. The van der Waals surface area contributed by atoms with Crippen LogP contribution in [0.5, 0.6) is 0 Å². The van der Waals surface area contributed by atoms with Crippen molar-refractivity contribution in [3.63, 3.8) is 0 Å². The summed E-state index contributed by atoms with van der Waals surface area (Å²) in [6.45, 7) is 0.500. The number of rotatable bonds is 4. The SMILES string of the molecule is CNc1nc(CNC(=O)C2CSCN2)cs1. The first-order valence-corrected chi connectivity index (χ1v) is 7.04. The molecule has 0 aromatic carbocycles. The molecular formula is C9H14N4OS2. The number of aromatic nitrogens is 1. The van der Waals surface area contributed by atoms with Gasteiger partial charge in [-0.3, -0.25) is 10.1 Å². The summed E-state index contributed by atoms with van der Waals surface area (Å²) in [5, 5.41) is 11.8. The van der Waals surface area contributed by atoms with Crippen LogP contribution in [0.3, 0.4) is 0 Å². The van der Waals surface area contributed by atoms with Crippen LogP contribution in [-0.2, 0) is 11.3 Å². The summed E-state index contributed by atoms with van der Waals surface area (Å²) in [5.41, 5.74) is 0.897. The van der Waals surface area contributed by atoms with E-state index < -0.39 is 0 Å². The molecule has 88 valence electrons. The van der Waals surface area contributed by atoms with Crippen LogP contribution in [0.2, 0.25) is 0 Å². The molecule has 1 aliphatic heterocycles. The minimum Gasteiger partial charge on any atom is -0.365 e. The molecule has 0 bridgehead atoms. The number of carbonyl (C=O) groups is 1. The second-order valence-electron chi connectivity index (χ2n) is 3.38. The van der Waals surface area contributed by atoms with Crippen LogP contribution < -0.4 is 16.0 Å². The van der Waals surface area contributed by atoms with Gasteiger partial charge in [-0.25, -0.2) is 4.98 Å². The second kappa shape index (κ2) is 5.51. The Morgan fingerprint density at radius 2 is 2.62 bits per heavy atom. The maximum absolute atomic E-state index is 11.7. The molecule has 1 saturated heterocycles. The number of thiazole rings is 1. The molecule has 0 spiro atoms. The van der Waals surface area contributed by atoms with Gasteiger partial charge in [0.2, 0.25) is 5.91 Å². The van der Waals surface area contributed by atoms with Crippen molar-refractivity contribution in [3.8, 4) is 0 Å². The van der Waals surface area contributed by atoms with Crippen molar-refractivity contribution < 1.29 is 4.79 Å². The van der Waals surface area contributed by atoms with E-state index in [1.807, 2.05) is 12.4 Å². The van der Waals surface area contributed by atoms with E-state index in [1.54, 1.807) is 23.1 Å². The van der Waals surface area contributed by atoms with Gasteiger partial charge in [-0.05, 0) is 0 Å². The molecule has 1 fully saturated rings. The van der Waals surface area contributed by atoms with Crippen molar-refractivity contribution in [2.75, 3.05) is 24.0 Å². The zero-order valence-electron chi connectivity index (χ0n) is 8.95. The fourth-order valence-corrected chi connectivity index (χ4v) is 2.98. The molecule has 1 aromatic heterocycles. The minimum absolute atomic E-state index is 0.0487. The van der Waals surface area contributed by atoms with E-state index in [1.165, 1.54) is 0 Å². The van der Waals surface area contributed by atoms with E-state index in [0.717, 1.165) is 22.5 Å². The third-order valence-corrected chi connectivity index (χ3v) is 4.09. The topological polar surface area (TPSA) is 66.0 Å². The summed E-state index contributed by atoms with van der Waals surface area (Å²) in [7, 11) is 1.83. The summed E-state index contributed by atoms with van der Waals surface area (Å²) in [6, 6.07) is -0.0487. The maximum atomic E-state index is 11.7. The first-order valence-electron chi connectivity index (χ1n) is 5.00. The Morgan fingerprint density at radius 1 is 1.75 bits per heavy atom. The average molecular weight is 258 g/mol. The number of amides is 1. The predicted molar refractivity (Wildman–Crippen MR) is 67.8 cm³/mol. The molecule has 16 heavy (non-hydrogen) atoms.